The van der Waals surface area contributed by atoms with Crippen LogP contribution in [0, 0.1) is 12.7 Å². The number of carbonyl (C=O) groups is 3. The first-order valence-corrected chi connectivity index (χ1v) is 14.2. The van der Waals surface area contributed by atoms with Gasteiger partial charge >= 0.3 is 0 Å². The Kier molecular flexibility index (Phi) is 8.82. The Labute approximate surface area is 240 Å². The lowest BCUT2D eigenvalue weighted by molar-refractivity contribution is -0.127. The van der Waals surface area contributed by atoms with Crippen LogP contribution in [0.3, 0.4) is 0 Å². The molecule has 3 amide bonds. The van der Waals surface area contributed by atoms with Gasteiger partial charge in [-0.25, -0.2) is 4.39 Å². The SMILES string of the molecule is Cc1ccccc1N1CCN(c2ccc(C(=O)NCCCN3CCCC3=O)cc2NC(=O)c2ccccc2F)CC1. The van der Waals surface area contributed by atoms with Gasteiger partial charge in [-0.05, 0) is 61.7 Å². The lowest BCUT2D eigenvalue weighted by atomic mass is 10.1. The van der Waals surface area contributed by atoms with Crippen molar-refractivity contribution in [1.82, 2.24) is 10.2 Å². The highest BCUT2D eigenvalue weighted by molar-refractivity contribution is 6.07. The zero-order valence-electron chi connectivity index (χ0n) is 23.4. The van der Waals surface area contributed by atoms with Crippen molar-refractivity contribution >= 4 is 34.8 Å². The fraction of sp³-hybridized carbons (Fsp3) is 0.344. The molecule has 0 saturated carbocycles. The van der Waals surface area contributed by atoms with Crippen LogP contribution in [-0.2, 0) is 4.79 Å². The molecule has 8 nitrogen and oxygen atoms in total. The number of carbonyl (C=O) groups excluding carboxylic acids is 3. The summed E-state index contributed by atoms with van der Waals surface area (Å²) >= 11 is 0. The van der Waals surface area contributed by atoms with Crippen LogP contribution in [-0.4, -0.2) is 68.4 Å². The van der Waals surface area contributed by atoms with Gasteiger partial charge < -0.3 is 25.3 Å². The van der Waals surface area contributed by atoms with E-state index in [0.717, 1.165) is 44.8 Å². The first-order valence-electron chi connectivity index (χ1n) is 14.2. The zero-order chi connectivity index (χ0) is 28.8. The summed E-state index contributed by atoms with van der Waals surface area (Å²) in [5.74, 6) is -1.28. The summed E-state index contributed by atoms with van der Waals surface area (Å²) in [5, 5.41) is 5.78. The summed E-state index contributed by atoms with van der Waals surface area (Å²) in [6.07, 6.45) is 2.15. The van der Waals surface area contributed by atoms with E-state index >= 15 is 0 Å². The van der Waals surface area contributed by atoms with Crippen LogP contribution in [0.5, 0.6) is 0 Å². The quantitative estimate of drug-likeness (QED) is 0.380. The van der Waals surface area contributed by atoms with Gasteiger partial charge in [0.2, 0.25) is 5.91 Å². The minimum atomic E-state index is -0.608. The van der Waals surface area contributed by atoms with Crippen LogP contribution in [0.4, 0.5) is 21.5 Å². The number of aryl methyl sites for hydroxylation is 1. The number of nitrogens with one attached hydrogen (secondary N) is 2. The molecule has 2 saturated heterocycles. The number of para-hydroxylation sites is 1. The smallest absolute Gasteiger partial charge is 0.258 e. The Morgan fingerprint density at radius 2 is 1.56 bits per heavy atom. The number of benzene rings is 3. The molecule has 3 aromatic rings. The molecule has 2 fully saturated rings. The molecule has 9 heteroatoms. The second-order valence-electron chi connectivity index (χ2n) is 10.5. The minimum Gasteiger partial charge on any atom is -0.368 e. The van der Waals surface area contributed by atoms with Gasteiger partial charge in [0.1, 0.15) is 5.82 Å². The summed E-state index contributed by atoms with van der Waals surface area (Å²) in [6, 6.07) is 19.4. The van der Waals surface area contributed by atoms with Gasteiger partial charge in [-0.1, -0.05) is 30.3 Å². The molecular weight excluding hydrogens is 521 g/mol. The zero-order valence-corrected chi connectivity index (χ0v) is 23.4. The molecule has 2 aliphatic heterocycles. The van der Waals surface area contributed by atoms with E-state index in [-0.39, 0.29) is 17.4 Å². The molecule has 5 rings (SSSR count). The molecule has 3 aromatic carbocycles. The Morgan fingerprint density at radius 3 is 2.27 bits per heavy atom. The number of hydrogen-bond donors (Lipinski definition) is 2. The van der Waals surface area contributed by atoms with Crippen molar-refractivity contribution in [3.8, 4) is 0 Å². The summed E-state index contributed by atoms with van der Waals surface area (Å²) < 4.78 is 14.4. The molecule has 214 valence electrons. The number of likely N-dealkylation sites (tertiary alicyclic amines) is 1. The standard InChI is InChI=1S/C32H36FN5O3/c1-23-8-2-5-11-28(23)36-18-20-37(21-19-36)29-14-13-24(31(40)34-15-7-17-38-16-6-12-30(38)39)22-27(29)35-32(41)25-9-3-4-10-26(25)33/h2-5,8-11,13-14,22H,6-7,12,15-21H2,1H3,(H,34,40)(H,35,41). The van der Waals surface area contributed by atoms with Crippen molar-refractivity contribution in [1.29, 1.82) is 0 Å². The number of amides is 3. The highest BCUT2D eigenvalue weighted by Crippen LogP contribution is 2.30. The van der Waals surface area contributed by atoms with Gasteiger partial charge in [-0.3, -0.25) is 14.4 Å². The van der Waals surface area contributed by atoms with E-state index in [4.69, 9.17) is 0 Å². The number of hydrogen-bond acceptors (Lipinski definition) is 5. The van der Waals surface area contributed by atoms with Crippen LogP contribution >= 0.6 is 0 Å². The average molecular weight is 558 g/mol. The molecule has 0 atom stereocenters. The first kappa shape index (κ1) is 28.1. The summed E-state index contributed by atoms with van der Waals surface area (Å²) in [4.78, 5) is 44.3. The molecule has 0 aromatic heterocycles. The second kappa shape index (κ2) is 12.8. The maximum Gasteiger partial charge on any atom is 0.258 e. The predicted octanol–water partition coefficient (Wildman–Crippen LogP) is 4.46. The van der Waals surface area contributed by atoms with Gasteiger partial charge in [0, 0.05) is 63.5 Å². The van der Waals surface area contributed by atoms with Crippen molar-refractivity contribution in [2.24, 2.45) is 0 Å². The normalized spacial score (nSPS) is 15.3. The lowest BCUT2D eigenvalue weighted by Gasteiger charge is -2.38. The van der Waals surface area contributed by atoms with Crippen molar-refractivity contribution in [3.63, 3.8) is 0 Å². The molecule has 2 N–H and O–H groups in total. The van der Waals surface area contributed by atoms with E-state index in [1.54, 1.807) is 18.2 Å². The average Bonchev–Trinajstić information content (AvgIpc) is 3.40. The number of rotatable bonds is 9. The largest absolute Gasteiger partial charge is 0.368 e. The predicted molar refractivity (Wildman–Crippen MR) is 159 cm³/mol. The lowest BCUT2D eigenvalue weighted by Crippen LogP contribution is -2.47. The third-order valence-electron chi connectivity index (χ3n) is 7.76. The van der Waals surface area contributed by atoms with Crippen molar-refractivity contribution in [3.05, 3.63) is 89.2 Å². The minimum absolute atomic E-state index is 0.0610. The number of halogens is 1. The fourth-order valence-electron chi connectivity index (χ4n) is 5.51. The first-order chi connectivity index (χ1) is 19.9. The monoisotopic (exact) mass is 557 g/mol. The Bertz CT molecular complexity index is 1420. The molecule has 2 heterocycles. The number of nitrogens with zero attached hydrogens (tertiary/aromatic N) is 3. The maximum absolute atomic E-state index is 14.4. The summed E-state index contributed by atoms with van der Waals surface area (Å²) in [7, 11) is 0. The molecule has 41 heavy (non-hydrogen) atoms. The van der Waals surface area contributed by atoms with E-state index in [2.05, 4.69) is 39.5 Å². The molecule has 0 unspecified atom stereocenters. The maximum atomic E-state index is 14.4. The third kappa shape index (κ3) is 6.67. The van der Waals surface area contributed by atoms with Crippen LogP contribution in [0.25, 0.3) is 0 Å². The molecule has 2 aliphatic rings. The Morgan fingerprint density at radius 1 is 0.854 bits per heavy atom. The number of piperazine rings is 1. The highest BCUT2D eigenvalue weighted by atomic mass is 19.1. The molecule has 0 spiro atoms. The van der Waals surface area contributed by atoms with Gasteiger partial charge in [0.25, 0.3) is 11.8 Å². The summed E-state index contributed by atoms with van der Waals surface area (Å²) in [6.45, 7) is 6.97. The van der Waals surface area contributed by atoms with Gasteiger partial charge in [0.05, 0.1) is 16.9 Å². The van der Waals surface area contributed by atoms with E-state index in [1.165, 1.54) is 29.4 Å². The summed E-state index contributed by atoms with van der Waals surface area (Å²) in [5.41, 5.74) is 4.01. The van der Waals surface area contributed by atoms with Crippen molar-refractivity contribution < 1.29 is 18.8 Å². The highest BCUT2D eigenvalue weighted by Gasteiger charge is 2.23. The van der Waals surface area contributed by atoms with E-state index < -0.39 is 11.7 Å². The van der Waals surface area contributed by atoms with E-state index in [9.17, 15) is 18.8 Å². The molecular formula is C32H36FN5O3. The van der Waals surface area contributed by atoms with Crippen LogP contribution in [0.2, 0.25) is 0 Å². The van der Waals surface area contributed by atoms with Gasteiger partial charge in [0.15, 0.2) is 0 Å². The fourth-order valence-corrected chi connectivity index (χ4v) is 5.51. The topological polar surface area (TPSA) is 85.0 Å². The Balaban J connectivity index is 1.30. The van der Waals surface area contributed by atoms with Gasteiger partial charge in [-0.2, -0.15) is 0 Å². The van der Waals surface area contributed by atoms with Gasteiger partial charge in [-0.15, -0.1) is 0 Å². The van der Waals surface area contributed by atoms with Crippen LogP contribution < -0.4 is 20.4 Å². The van der Waals surface area contributed by atoms with E-state index in [1.807, 2.05) is 23.1 Å². The second-order valence-corrected chi connectivity index (χ2v) is 10.5. The van der Waals surface area contributed by atoms with Crippen molar-refractivity contribution in [2.75, 3.05) is 60.9 Å². The third-order valence-corrected chi connectivity index (χ3v) is 7.76. The molecule has 0 radical (unpaired) electrons. The molecule has 0 aliphatic carbocycles. The van der Waals surface area contributed by atoms with Crippen LogP contribution in [0.1, 0.15) is 45.5 Å². The van der Waals surface area contributed by atoms with Crippen molar-refractivity contribution in [2.45, 2.75) is 26.2 Å². The molecule has 0 bridgehead atoms. The number of anilines is 3. The van der Waals surface area contributed by atoms with E-state index in [0.29, 0.717) is 37.2 Å². The Hall–Kier alpha value is -4.40. The van der Waals surface area contributed by atoms with Crippen LogP contribution in [0.15, 0.2) is 66.7 Å².